The lowest BCUT2D eigenvalue weighted by Gasteiger charge is -2.25. The van der Waals surface area contributed by atoms with Crippen molar-refractivity contribution in [1.29, 1.82) is 0 Å². The summed E-state index contributed by atoms with van der Waals surface area (Å²) in [6, 6.07) is 9.37. The van der Waals surface area contributed by atoms with Crippen molar-refractivity contribution in [3.05, 3.63) is 64.7 Å². The van der Waals surface area contributed by atoms with Crippen LogP contribution in [-0.4, -0.2) is 11.8 Å². The molecule has 3 rings (SSSR count). The monoisotopic (exact) mass is 384 g/mol. The number of rotatable bonds is 6. The van der Waals surface area contributed by atoms with E-state index >= 15 is 0 Å². The molecule has 4 N–H and O–H groups in total. The lowest BCUT2D eigenvalue weighted by Crippen LogP contribution is -2.37. The Hall–Kier alpha value is -3.35. The van der Waals surface area contributed by atoms with Gasteiger partial charge in [0.05, 0.1) is 11.0 Å². The molecule has 0 unspecified atom stereocenters. The second-order valence-corrected chi connectivity index (χ2v) is 7.08. The topological polar surface area (TPSA) is 109 Å². The molecule has 3 aromatic rings. The smallest absolute Gasteiger partial charge is 0.252 e. The molecule has 0 aliphatic rings. The average molecular weight is 384 g/mol. The van der Waals surface area contributed by atoms with Crippen LogP contribution < -0.4 is 16.2 Å². The third-order valence-corrected chi connectivity index (χ3v) is 4.83. The molecular weight excluding hydrogens is 363 g/mol. The maximum Gasteiger partial charge on any atom is 0.252 e. The van der Waals surface area contributed by atoms with Gasteiger partial charge in [0.2, 0.25) is 5.91 Å². The lowest BCUT2D eigenvalue weighted by molar-refractivity contribution is -0.122. The van der Waals surface area contributed by atoms with Crippen molar-refractivity contribution in [2.45, 2.75) is 32.8 Å². The number of amides is 2. The number of benzene rings is 2. The van der Waals surface area contributed by atoms with E-state index in [1.807, 2.05) is 0 Å². The lowest BCUT2D eigenvalue weighted by atomic mass is 9.78. The first kappa shape index (κ1) is 19.4. The Morgan fingerprint density at radius 2 is 1.82 bits per heavy atom. The SMILES string of the molecule is Cc1oc2ccc(COc3ccccc3F)c(C(C)(C)C(N)=O)c2c1C(N)=O. The molecule has 0 atom stereocenters. The third kappa shape index (κ3) is 3.19. The van der Waals surface area contributed by atoms with Gasteiger partial charge in [-0.15, -0.1) is 0 Å². The minimum Gasteiger partial charge on any atom is -0.486 e. The van der Waals surface area contributed by atoms with Crippen molar-refractivity contribution >= 4 is 22.8 Å². The van der Waals surface area contributed by atoms with Crippen molar-refractivity contribution in [3.8, 4) is 5.75 Å². The molecule has 0 bridgehead atoms. The van der Waals surface area contributed by atoms with Gasteiger partial charge in [-0.1, -0.05) is 18.2 Å². The van der Waals surface area contributed by atoms with Gasteiger partial charge in [0, 0.05) is 5.39 Å². The minimum absolute atomic E-state index is 0.0364. The summed E-state index contributed by atoms with van der Waals surface area (Å²) < 4.78 is 25.2. The number of carbonyl (C=O) groups is 2. The number of ether oxygens (including phenoxy) is 1. The van der Waals surface area contributed by atoms with Crippen LogP contribution in [0.1, 0.15) is 41.1 Å². The van der Waals surface area contributed by atoms with Crippen LogP contribution in [-0.2, 0) is 16.8 Å². The van der Waals surface area contributed by atoms with Gasteiger partial charge in [0.25, 0.3) is 5.91 Å². The molecule has 28 heavy (non-hydrogen) atoms. The van der Waals surface area contributed by atoms with Gasteiger partial charge in [0.15, 0.2) is 11.6 Å². The molecule has 0 saturated heterocycles. The summed E-state index contributed by atoms with van der Waals surface area (Å²) in [5.41, 5.74) is 11.7. The van der Waals surface area contributed by atoms with Crippen LogP contribution in [0.4, 0.5) is 4.39 Å². The number of para-hydroxylation sites is 1. The molecule has 0 radical (unpaired) electrons. The summed E-state index contributed by atoms with van der Waals surface area (Å²) in [4.78, 5) is 24.3. The first-order valence-electron chi connectivity index (χ1n) is 8.67. The second kappa shape index (κ2) is 6.99. The zero-order chi connectivity index (χ0) is 20.6. The number of aryl methyl sites for hydroxylation is 1. The van der Waals surface area contributed by atoms with Crippen molar-refractivity contribution < 1.29 is 23.1 Å². The maximum absolute atomic E-state index is 13.9. The minimum atomic E-state index is -1.16. The van der Waals surface area contributed by atoms with Gasteiger partial charge in [-0.3, -0.25) is 9.59 Å². The molecule has 1 heterocycles. The van der Waals surface area contributed by atoms with Gasteiger partial charge in [-0.05, 0) is 50.1 Å². The predicted molar refractivity (Wildman–Crippen MR) is 102 cm³/mol. The Kier molecular flexibility index (Phi) is 4.85. The van der Waals surface area contributed by atoms with E-state index < -0.39 is 23.0 Å². The Morgan fingerprint density at radius 3 is 2.43 bits per heavy atom. The van der Waals surface area contributed by atoms with E-state index in [4.69, 9.17) is 20.6 Å². The van der Waals surface area contributed by atoms with Gasteiger partial charge in [0.1, 0.15) is 18.0 Å². The molecule has 0 fully saturated rings. The Bertz CT molecular complexity index is 1090. The largest absolute Gasteiger partial charge is 0.486 e. The fourth-order valence-electron chi connectivity index (χ4n) is 3.32. The van der Waals surface area contributed by atoms with Gasteiger partial charge < -0.3 is 20.6 Å². The molecule has 146 valence electrons. The van der Waals surface area contributed by atoms with Crippen molar-refractivity contribution in [2.75, 3.05) is 0 Å². The van der Waals surface area contributed by atoms with E-state index in [1.54, 1.807) is 45.0 Å². The third-order valence-electron chi connectivity index (χ3n) is 4.83. The summed E-state index contributed by atoms with van der Waals surface area (Å²) in [5, 5.41) is 0.420. The number of nitrogens with two attached hydrogens (primary N) is 2. The molecule has 7 heteroatoms. The number of primary amides is 2. The zero-order valence-electron chi connectivity index (χ0n) is 15.8. The number of fused-ring (bicyclic) bond motifs is 1. The van der Waals surface area contributed by atoms with Crippen LogP contribution in [0.5, 0.6) is 5.75 Å². The van der Waals surface area contributed by atoms with E-state index in [0.29, 0.717) is 27.9 Å². The Labute approximate surface area is 161 Å². The Morgan fingerprint density at radius 1 is 1.14 bits per heavy atom. The first-order valence-corrected chi connectivity index (χ1v) is 8.67. The van der Waals surface area contributed by atoms with Crippen LogP contribution in [0.3, 0.4) is 0 Å². The van der Waals surface area contributed by atoms with Crippen LogP contribution in [0, 0.1) is 12.7 Å². The van der Waals surface area contributed by atoms with Gasteiger partial charge in [-0.2, -0.15) is 0 Å². The zero-order valence-corrected chi connectivity index (χ0v) is 15.8. The average Bonchev–Trinajstić information content (AvgIpc) is 2.96. The molecule has 0 aliphatic heterocycles. The summed E-state index contributed by atoms with van der Waals surface area (Å²) in [5.74, 6) is -1.36. The quantitative estimate of drug-likeness (QED) is 0.679. The van der Waals surface area contributed by atoms with Crippen LogP contribution in [0.25, 0.3) is 11.0 Å². The highest BCUT2D eigenvalue weighted by molar-refractivity contribution is 6.09. The van der Waals surface area contributed by atoms with Crippen molar-refractivity contribution in [1.82, 2.24) is 0 Å². The van der Waals surface area contributed by atoms with Crippen LogP contribution in [0.2, 0.25) is 0 Å². The van der Waals surface area contributed by atoms with Crippen LogP contribution >= 0.6 is 0 Å². The molecule has 2 amide bonds. The number of hydrogen-bond donors (Lipinski definition) is 2. The van der Waals surface area contributed by atoms with Crippen molar-refractivity contribution in [2.24, 2.45) is 11.5 Å². The number of furan rings is 1. The molecule has 0 aliphatic carbocycles. The molecule has 6 nitrogen and oxygen atoms in total. The molecule has 0 spiro atoms. The summed E-state index contributed by atoms with van der Waals surface area (Å²) in [7, 11) is 0. The highest BCUT2D eigenvalue weighted by atomic mass is 19.1. The van der Waals surface area contributed by atoms with Gasteiger partial charge in [-0.25, -0.2) is 4.39 Å². The summed E-state index contributed by atoms with van der Waals surface area (Å²) in [6.45, 7) is 4.87. The van der Waals surface area contributed by atoms with E-state index in [2.05, 4.69) is 0 Å². The molecule has 1 aromatic heterocycles. The molecule has 2 aromatic carbocycles. The predicted octanol–water partition coefficient (Wildman–Crippen LogP) is 3.32. The summed E-state index contributed by atoms with van der Waals surface area (Å²) in [6.07, 6.45) is 0. The highest BCUT2D eigenvalue weighted by Crippen LogP contribution is 2.38. The fraction of sp³-hybridized carbons (Fsp3) is 0.238. The highest BCUT2D eigenvalue weighted by Gasteiger charge is 2.35. The van der Waals surface area contributed by atoms with Gasteiger partial charge >= 0.3 is 0 Å². The molecular formula is C21H21FN2O4. The fourth-order valence-corrected chi connectivity index (χ4v) is 3.32. The van der Waals surface area contributed by atoms with Crippen LogP contribution in [0.15, 0.2) is 40.8 Å². The number of hydrogen-bond acceptors (Lipinski definition) is 4. The Balaban J connectivity index is 2.22. The standard InChI is InChI=1S/C21H21FN2O4/c1-11-16(19(23)25)17-15(28-11)9-8-12(18(17)21(2,3)20(24)26)10-27-14-7-5-4-6-13(14)22/h4-9H,10H2,1-3H3,(H2,23,25)(H2,24,26). The second-order valence-electron chi connectivity index (χ2n) is 7.08. The van der Waals surface area contributed by atoms with E-state index in [9.17, 15) is 14.0 Å². The normalized spacial score (nSPS) is 11.6. The molecule has 0 saturated carbocycles. The first-order chi connectivity index (χ1) is 13.1. The summed E-state index contributed by atoms with van der Waals surface area (Å²) >= 11 is 0. The maximum atomic E-state index is 13.9. The van der Waals surface area contributed by atoms with E-state index in [-0.39, 0.29) is 17.9 Å². The van der Waals surface area contributed by atoms with E-state index in [0.717, 1.165) is 0 Å². The van der Waals surface area contributed by atoms with Crippen molar-refractivity contribution in [3.63, 3.8) is 0 Å². The number of carbonyl (C=O) groups excluding carboxylic acids is 2. The van der Waals surface area contributed by atoms with E-state index in [1.165, 1.54) is 12.1 Å². The number of halogens is 1.